The first-order valence-electron chi connectivity index (χ1n) is 5.87. The number of hydrogen-bond acceptors (Lipinski definition) is 3. The third-order valence-corrected chi connectivity index (χ3v) is 2.95. The summed E-state index contributed by atoms with van der Waals surface area (Å²) >= 11 is 5.51. The van der Waals surface area contributed by atoms with Crippen LogP contribution in [0.25, 0.3) is 0 Å². The molecule has 1 aromatic heterocycles. The van der Waals surface area contributed by atoms with E-state index in [1.165, 1.54) is 6.07 Å². The van der Waals surface area contributed by atoms with Crippen molar-refractivity contribution in [3.05, 3.63) is 58.0 Å². The molecule has 1 aromatic carbocycles. The zero-order chi connectivity index (χ0) is 16.3. The molecule has 0 saturated heterocycles. The highest BCUT2D eigenvalue weighted by Crippen LogP contribution is 2.39. The molecule has 3 nitrogen and oxygen atoms in total. The number of pyridine rings is 1. The van der Waals surface area contributed by atoms with Gasteiger partial charge in [0.2, 0.25) is 0 Å². The van der Waals surface area contributed by atoms with Crippen molar-refractivity contribution in [2.75, 3.05) is 0 Å². The van der Waals surface area contributed by atoms with Gasteiger partial charge in [0, 0.05) is 0 Å². The van der Waals surface area contributed by atoms with Gasteiger partial charge < -0.3 is 4.74 Å². The molecule has 0 aliphatic rings. The maximum absolute atomic E-state index is 14.0. The van der Waals surface area contributed by atoms with Crippen LogP contribution in [0.2, 0.25) is 5.15 Å². The molecule has 0 N–H and O–H groups in total. The summed E-state index contributed by atoms with van der Waals surface area (Å²) in [4.78, 5) is 3.38. The highest BCUT2D eigenvalue weighted by Gasteiger charge is 2.40. The standard InChI is InChI=1S/C14H7ClF4N2O/c15-12-9(6-20)10(14(17,18)19)11(16)13(21-12)22-7-8-4-2-1-3-5-8/h1-5H,7H2. The topological polar surface area (TPSA) is 45.9 Å². The lowest BCUT2D eigenvalue weighted by molar-refractivity contribution is -0.140. The summed E-state index contributed by atoms with van der Waals surface area (Å²) < 4.78 is 57.6. The van der Waals surface area contributed by atoms with E-state index < -0.39 is 34.2 Å². The van der Waals surface area contributed by atoms with E-state index in [0.29, 0.717) is 5.56 Å². The quantitative estimate of drug-likeness (QED) is 0.621. The Labute approximate surface area is 127 Å². The fourth-order valence-corrected chi connectivity index (χ4v) is 1.92. The van der Waals surface area contributed by atoms with E-state index in [2.05, 4.69) is 4.98 Å². The van der Waals surface area contributed by atoms with E-state index in [-0.39, 0.29) is 6.61 Å². The third kappa shape index (κ3) is 3.28. The van der Waals surface area contributed by atoms with Crippen LogP contribution < -0.4 is 4.74 Å². The van der Waals surface area contributed by atoms with E-state index in [4.69, 9.17) is 21.6 Å². The number of alkyl halides is 3. The van der Waals surface area contributed by atoms with Crippen LogP contribution in [0.5, 0.6) is 5.88 Å². The average molecular weight is 331 g/mol. The third-order valence-electron chi connectivity index (χ3n) is 2.68. The maximum Gasteiger partial charge on any atom is 0.420 e. The minimum atomic E-state index is -5.09. The molecule has 0 fully saturated rings. The van der Waals surface area contributed by atoms with Crippen LogP contribution in [0, 0.1) is 17.1 Å². The molecule has 0 saturated carbocycles. The molecule has 114 valence electrons. The zero-order valence-corrected chi connectivity index (χ0v) is 11.5. The van der Waals surface area contributed by atoms with Crippen molar-refractivity contribution < 1.29 is 22.3 Å². The van der Waals surface area contributed by atoms with Crippen molar-refractivity contribution in [2.24, 2.45) is 0 Å². The Morgan fingerprint density at radius 3 is 2.41 bits per heavy atom. The minimum Gasteiger partial charge on any atom is -0.471 e. The molecule has 0 spiro atoms. The summed E-state index contributed by atoms with van der Waals surface area (Å²) in [6.07, 6.45) is -5.09. The number of halogens is 5. The van der Waals surface area contributed by atoms with Crippen LogP contribution in [-0.2, 0) is 12.8 Å². The van der Waals surface area contributed by atoms with Crippen LogP contribution in [0.3, 0.4) is 0 Å². The Hall–Kier alpha value is -2.33. The molecule has 2 rings (SSSR count). The number of nitriles is 1. The molecule has 1 heterocycles. The minimum absolute atomic E-state index is 0.190. The maximum atomic E-state index is 14.0. The van der Waals surface area contributed by atoms with Gasteiger partial charge in [0.1, 0.15) is 23.8 Å². The molecular formula is C14H7ClF4N2O. The Morgan fingerprint density at radius 2 is 1.86 bits per heavy atom. The van der Waals surface area contributed by atoms with Crippen LogP contribution >= 0.6 is 11.6 Å². The summed E-state index contributed by atoms with van der Waals surface area (Å²) in [5, 5.41) is 7.94. The van der Waals surface area contributed by atoms with E-state index >= 15 is 0 Å². The highest BCUT2D eigenvalue weighted by molar-refractivity contribution is 6.30. The first kappa shape index (κ1) is 16.0. The fourth-order valence-electron chi connectivity index (χ4n) is 1.70. The molecular weight excluding hydrogens is 324 g/mol. The number of aromatic nitrogens is 1. The number of rotatable bonds is 3. The first-order valence-corrected chi connectivity index (χ1v) is 6.25. The lowest BCUT2D eigenvalue weighted by atomic mass is 10.1. The van der Waals surface area contributed by atoms with Crippen LogP contribution in [0.15, 0.2) is 30.3 Å². The van der Waals surface area contributed by atoms with Gasteiger partial charge in [0.15, 0.2) is 11.0 Å². The molecule has 0 atom stereocenters. The number of ether oxygens (including phenoxy) is 1. The summed E-state index contributed by atoms with van der Waals surface area (Å²) in [6, 6.07) is 9.61. The van der Waals surface area contributed by atoms with Crippen LogP contribution in [-0.4, -0.2) is 4.98 Å². The van der Waals surface area contributed by atoms with Crippen LogP contribution in [0.4, 0.5) is 17.6 Å². The molecule has 0 bridgehead atoms. The molecule has 0 amide bonds. The van der Waals surface area contributed by atoms with Crippen molar-refractivity contribution in [3.8, 4) is 11.9 Å². The Kier molecular flexibility index (Phi) is 4.52. The molecule has 0 unspecified atom stereocenters. The van der Waals surface area contributed by atoms with Gasteiger partial charge in [-0.15, -0.1) is 0 Å². The number of nitrogens with zero attached hydrogens (tertiary/aromatic N) is 2. The van der Waals surface area contributed by atoms with Gasteiger partial charge in [0.05, 0.1) is 0 Å². The Balaban J connectivity index is 2.41. The molecule has 0 radical (unpaired) electrons. The van der Waals surface area contributed by atoms with Crippen molar-refractivity contribution in [1.82, 2.24) is 4.98 Å². The smallest absolute Gasteiger partial charge is 0.420 e. The van der Waals surface area contributed by atoms with Crippen LogP contribution in [0.1, 0.15) is 16.7 Å². The number of benzene rings is 1. The van der Waals surface area contributed by atoms with Crippen molar-refractivity contribution in [1.29, 1.82) is 5.26 Å². The van der Waals surface area contributed by atoms with Gasteiger partial charge in [-0.3, -0.25) is 0 Å². The predicted octanol–water partition coefficient (Wildman–Crippen LogP) is 4.34. The fraction of sp³-hybridized carbons (Fsp3) is 0.143. The monoisotopic (exact) mass is 330 g/mol. The molecule has 0 aliphatic carbocycles. The van der Waals surface area contributed by atoms with Gasteiger partial charge >= 0.3 is 6.18 Å². The van der Waals surface area contributed by atoms with E-state index in [1.54, 1.807) is 30.3 Å². The molecule has 8 heteroatoms. The highest BCUT2D eigenvalue weighted by atomic mass is 35.5. The summed E-state index contributed by atoms with van der Waals surface area (Å²) in [6.45, 7) is -0.190. The predicted molar refractivity (Wildman–Crippen MR) is 69.7 cm³/mol. The zero-order valence-electron chi connectivity index (χ0n) is 10.8. The van der Waals surface area contributed by atoms with Gasteiger partial charge in [-0.1, -0.05) is 41.9 Å². The van der Waals surface area contributed by atoms with Gasteiger partial charge in [-0.2, -0.15) is 23.4 Å². The Morgan fingerprint density at radius 1 is 1.23 bits per heavy atom. The van der Waals surface area contributed by atoms with E-state index in [0.717, 1.165) is 0 Å². The lowest BCUT2D eigenvalue weighted by Crippen LogP contribution is -2.14. The van der Waals surface area contributed by atoms with Gasteiger partial charge in [-0.25, -0.2) is 4.39 Å². The summed E-state index contributed by atoms with van der Waals surface area (Å²) in [5.41, 5.74) is -2.24. The van der Waals surface area contributed by atoms with Gasteiger partial charge in [-0.05, 0) is 5.56 Å². The first-order chi connectivity index (χ1) is 10.3. The van der Waals surface area contributed by atoms with Crippen molar-refractivity contribution in [2.45, 2.75) is 12.8 Å². The second-order valence-corrected chi connectivity index (χ2v) is 4.51. The second-order valence-electron chi connectivity index (χ2n) is 4.16. The molecule has 2 aromatic rings. The largest absolute Gasteiger partial charge is 0.471 e. The van der Waals surface area contributed by atoms with Gasteiger partial charge in [0.25, 0.3) is 5.88 Å². The molecule has 22 heavy (non-hydrogen) atoms. The lowest BCUT2D eigenvalue weighted by Gasteiger charge is -2.14. The van der Waals surface area contributed by atoms with Crippen molar-refractivity contribution in [3.63, 3.8) is 0 Å². The molecule has 0 aliphatic heterocycles. The van der Waals surface area contributed by atoms with Crippen molar-refractivity contribution >= 4 is 11.6 Å². The number of hydrogen-bond donors (Lipinski definition) is 0. The second kappa shape index (κ2) is 6.20. The normalized spacial score (nSPS) is 11.1. The Bertz CT molecular complexity index is 726. The average Bonchev–Trinajstić information content (AvgIpc) is 2.47. The summed E-state index contributed by atoms with van der Waals surface area (Å²) in [7, 11) is 0. The SMILES string of the molecule is N#Cc1c(Cl)nc(OCc2ccccc2)c(F)c1C(F)(F)F. The van der Waals surface area contributed by atoms with E-state index in [9.17, 15) is 17.6 Å². The summed E-state index contributed by atoms with van der Waals surface area (Å²) in [5.74, 6) is -2.66. The van der Waals surface area contributed by atoms with E-state index in [1.807, 2.05) is 0 Å².